The molecule has 0 radical (unpaired) electrons. The van der Waals surface area contributed by atoms with Crippen LogP contribution in [-0.2, 0) is 25.6 Å². The molecule has 0 bridgehead atoms. The van der Waals surface area contributed by atoms with Crippen molar-refractivity contribution < 1.29 is 50.3 Å². The first-order valence-electron chi connectivity index (χ1n) is 14.2. The van der Waals surface area contributed by atoms with Gasteiger partial charge in [0, 0.05) is 22.6 Å². The Morgan fingerprint density at radius 2 is 2.02 bits per heavy atom. The van der Waals surface area contributed by atoms with Crippen LogP contribution in [0.2, 0.25) is 0 Å². The van der Waals surface area contributed by atoms with Gasteiger partial charge in [-0.2, -0.15) is 4.40 Å². The van der Waals surface area contributed by atoms with Crippen molar-refractivity contribution in [1.29, 1.82) is 0 Å². The molecule has 3 aliphatic rings. The van der Waals surface area contributed by atoms with Crippen molar-refractivity contribution in [3.63, 3.8) is 0 Å². The maximum Gasteiger partial charge on any atom is 0.410 e. The predicted octanol–water partition coefficient (Wildman–Crippen LogP) is 0.572. The average Bonchev–Trinajstić information content (AvgIpc) is 3.70. The van der Waals surface area contributed by atoms with Gasteiger partial charge in [0.1, 0.15) is 44.5 Å². The molecule has 2 aromatic heterocycles. The van der Waals surface area contributed by atoms with Crippen LogP contribution < -0.4 is 17.0 Å². The van der Waals surface area contributed by atoms with Gasteiger partial charge in [-0.3, -0.25) is 4.79 Å². The number of amides is 2. The minimum atomic E-state index is -0.846. The molecule has 2 fully saturated rings. The number of carbonyl (C=O) groups is 3. The van der Waals surface area contributed by atoms with Crippen LogP contribution in [0.1, 0.15) is 25.1 Å². The van der Waals surface area contributed by atoms with Gasteiger partial charge < -0.3 is 36.8 Å². The Kier molecular flexibility index (Phi) is 11.0. The summed E-state index contributed by atoms with van der Waals surface area (Å²) in [6, 6.07) is -0.607. The maximum absolute atomic E-state index is 13.1. The summed E-state index contributed by atoms with van der Waals surface area (Å²) < 4.78 is 27.2. The van der Waals surface area contributed by atoms with E-state index >= 15 is 0 Å². The van der Waals surface area contributed by atoms with Gasteiger partial charge in [-0.05, 0) is 19.4 Å². The van der Waals surface area contributed by atoms with Gasteiger partial charge in [-0.15, -0.1) is 11.8 Å². The van der Waals surface area contributed by atoms with Gasteiger partial charge in [0.2, 0.25) is 17.1 Å². The number of rotatable bonds is 12. The summed E-state index contributed by atoms with van der Waals surface area (Å²) in [5, 5.41) is 10.2. The van der Waals surface area contributed by atoms with Crippen molar-refractivity contribution >= 4 is 52.0 Å². The van der Waals surface area contributed by atoms with Crippen LogP contribution in [-0.4, -0.2) is 87.1 Å². The van der Waals surface area contributed by atoms with E-state index in [9.17, 15) is 23.9 Å². The third kappa shape index (κ3) is 6.46. The summed E-state index contributed by atoms with van der Waals surface area (Å²) >= 11 is 3.03. The van der Waals surface area contributed by atoms with Crippen molar-refractivity contribution in [1.82, 2.24) is 14.2 Å². The van der Waals surface area contributed by atoms with E-state index in [1.807, 2.05) is 42.2 Å². The minimum absolute atomic E-state index is 0. The van der Waals surface area contributed by atoms with Crippen LogP contribution in [0.15, 0.2) is 60.7 Å². The molecule has 0 aliphatic carbocycles. The third-order valence-corrected chi connectivity index (χ3v) is 10.4. The summed E-state index contributed by atoms with van der Waals surface area (Å²) in [5.74, 6) is -1.69. The Hall–Kier alpha value is -3.13. The lowest BCUT2D eigenvalue weighted by Gasteiger charge is -2.46. The number of alkyl halides is 1. The molecular formula is C30H36ClFN4O6S2. The third-order valence-electron chi connectivity index (χ3n) is 7.91. The zero-order valence-electron chi connectivity index (χ0n) is 24.5. The summed E-state index contributed by atoms with van der Waals surface area (Å²) in [6.07, 6.45) is 11.9. The smallest absolute Gasteiger partial charge is 0.410 e. The van der Waals surface area contributed by atoms with Crippen molar-refractivity contribution in [2.24, 2.45) is 11.8 Å². The standard InChI is InChI=1S/C30H36FN4O6S2.ClH/c1-5-11-40-29(38)26-27(18(3)25-24(19(4)36)28(37)35(25)26)43-22-13-20(34(15-22)30(39)41-12-6-2)7-8-21-14-33-17-32(10-9-31)16-23(33)42-21;/h5-8,14,16-20,22,24-25,36H,1-2,9-13,15H2,3-4H3;1H/q+1;/p-1/t18-,19-,20-,22+,24-,25-;/m1./s1. The largest absolute Gasteiger partial charge is 1.00 e. The van der Waals surface area contributed by atoms with E-state index < -0.39 is 30.8 Å². The van der Waals surface area contributed by atoms with Gasteiger partial charge in [0.15, 0.2) is 0 Å². The number of hydrogen-bond donors (Lipinski definition) is 1. The molecule has 3 aliphatic heterocycles. The van der Waals surface area contributed by atoms with Gasteiger partial charge in [0.05, 0.1) is 29.0 Å². The number of β-lactam (4-membered cyclic amide) rings is 1. The van der Waals surface area contributed by atoms with Gasteiger partial charge in [-0.1, -0.05) is 49.6 Å². The highest BCUT2D eigenvalue weighted by Gasteiger charge is 2.60. The van der Waals surface area contributed by atoms with Crippen molar-refractivity contribution in [3.05, 3.63) is 65.6 Å². The fraction of sp³-hybridized carbons (Fsp3) is 0.467. The number of esters is 1. The number of carbonyl (C=O) groups excluding carboxylic acids is 3. The monoisotopic (exact) mass is 666 g/mol. The normalized spacial score (nSPS) is 25.2. The maximum atomic E-state index is 13.1. The molecule has 5 heterocycles. The van der Waals surface area contributed by atoms with Gasteiger partial charge in [0.25, 0.3) is 0 Å². The molecule has 0 aromatic carbocycles. The van der Waals surface area contributed by atoms with Crippen molar-refractivity contribution in [3.8, 4) is 0 Å². The van der Waals surface area contributed by atoms with Crippen LogP contribution >= 0.6 is 23.1 Å². The fourth-order valence-corrected chi connectivity index (χ4v) is 8.47. The quantitative estimate of drug-likeness (QED) is 0.153. The fourth-order valence-electron chi connectivity index (χ4n) is 5.99. The Balaban J connectivity index is 0.00000442. The van der Waals surface area contributed by atoms with Crippen LogP contribution in [0, 0.1) is 11.8 Å². The highest BCUT2D eigenvalue weighted by molar-refractivity contribution is 8.03. The number of aromatic nitrogens is 2. The van der Waals surface area contributed by atoms with Crippen LogP contribution in [0.25, 0.3) is 10.9 Å². The highest BCUT2D eigenvalue weighted by Crippen LogP contribution is 2.52. The molecule has 0 saturated carbocycles. The number of likely N-dealkylation sites (tertiary alicyclic amines) is 1. The molecule has 2 amide bonds. The zero-order chi connectivity index (χ0) is 30.8. The molecule has 0 unspecified atom stereocenters. The van der Waals surface area contributed by atoms with E-state index in [2.05, 4.69) is 13.2 Å². The van der Waals surface area contributed by atoms with Crippen LogP contribution in [0.3, 0.4) is 0 Å². The minimum Gasteiger partial charge on any atom is -1.00 e. The molecule has 238 valence electrons. The second kappa shape index (κ2) is 14.3. The Bertz CT molecular complexity index is 1460. The molecule has 44 heavy (non-hydrogen) atoms. The molecule has 1 N–H and O–H groups in total. The van der Waals surface area contributed by atoms with E-state index in [0.717, 1.165) is 14.6 Å². The second-order valence-electron chi connectivity index (χ2n) is 10.8. The number of thiazole rings is 1. The summed E-state index contributed by atoms with van der Waals surface area (Å²) in [4.78, 5) is 45.0. The Morgan fingerprint density at radius 3 is 2.68 bits per heavy atom. The molecular weight excluding hydrogens is 631 g/mol. The van der Waals surface area contributed by atoms with E-state index in [0.29, 0.717) is 19.5 Å². The molecule has 14 heteroatoms. The molecule has 6 atom stereocenters. The number of aryl methyl sites for hydroxylation is 1. The molecule has 2 aromatic rings. The Labute approximate surface area is 269 Å². The number of aliphatic hydroxyl groups excluding tert-OH is 1. The van der Waals surface area contributed by atoms with Crippen molar-refractivity contribution in [2.45, 2.75) is 50.3 Å². The SMILES string of the molecule is C=CCOC(=O)C1=C(S[C@H]2C[C@@H](C=Cc3cn4c[n+](CCF)cc4s3)N(C(=O)OCC=C)C2)[C@H](C)[C@@H]2[C@@H]([C@@H](C)O)C(=O)N12.[Cl-]. The number of thioether (sulfide) groups is 1. The number of ether oxygens (including phenoxy) is 2. The average molecular weight is 667 g/mol. The lowest BCUT2D eigenvalue weighted by atomic mass is 9.79. The van der Waals surface area contributed by atoms with Crippen LogP contribution in [0.4, 0.5) is 9.18 Å². The molecule has 2 saturated heterocycles. The first-order chi connectivity index (χ1) is 20.7. The summed E-state index contributed by atoms with van der Waals surface area (Å²) in [6.45, 7) is 11.1. The number of halogens is 2. The number of imidazole rings is 1. The lowest BCUT2D eigenvalue weighted by Crippen LogP contribution is -3.00. The lowest BCUT2D eigenvalue weighted by molar-refractivity contribution is -0.695. The van der Waals surface area contributed by atoms with E-state index in [4.69, 9.17) is 9.47 Å². The van der Waals surface area contributed by atoms with Crippen LogP contribution in [0.5, 0.6) is 0 Å². The molecule has 10 nitrogen and oxygen atoms in total. The topological polar surface area (TPSA) is 105 Å². The van der Waals surface area contributed by atoms with E-state index in [1.165, 1.54) is 28.8 Å². The predicted molar refractivity (Wildman–Crippen MR) is 162 cm³/mol. The molecule has 5 rings (SSSR count). The molecule has 0 spiro atoms. The van der Waals surface area contributed by atoms with E-state index in [-0.39, 0.29) is 60.5 Å². The van der Waals surface area contributed by atoms with Gasteiger partial charge in [-0.25, -0.2) is 18.5 Å². The number of hydrogen-bond acceptors (Lipinski definition) is 8. The number of fused-ring (bicyclic) bond motifs is 2. The Morgan fingerprint density at radius 1 is 1.30 bits per heavy atom. The highest BCUT2D eigenvalue weighted by atomic mass is 35.5. The van der Waals surface area contributed by atoms with Gasteiger partial charge >= 0.3 is 12.1 Å². The number of nitrogens with zero attached hydrogens (tertiary/aromatic N) is 4. The zero-order valence-corrected chi connectivity index (χ0v) is 26.9. The summed E-state index contributed by atoms with van der Waals surface area (Å²) in [5.41, 5.74) is 0.213. The summed E-state index contributed by atoms with van der Waals surface area (Å²) in [7, 11) is 0. The second-order valence-corrected chi connectivity index (χ2v) is 13.3. The number of aliphatic hydroxyl groups is 1. The van der Waals surface area contributed by atoms with E-state index in [1.54, 1.807) is 27.7 Å². The first kappa shape index (κ1) is 33.8. The first-order valence-corrected chi connectivity index (χ1v) is 15.9. The van der Waals surface area contributed by atoms with Crippen molar-refractivity contribution in [2.75, 3.05) is 26.4 Å².